The predicted molar refractivity (Wildman–Crippen MR) is 81.3 cm³/mol. The molecule has 4 aromatic rings. The van der Waals surface area contributed by atoms with Gasteiger partial charge >= 0.3 is 0 Å². The van der Waals surface area contributed by atoms with E-state index < -0.39 is 0 Å². The minimum Gasteiger partial charge on any atom is -0.478 e. The average molecular weight is 276 g/mol. The molecule has 0 amide bonds. The second-order valence-electron chi connectivity index (χ2n) is 4.69. The summed E-state index contributed by atoms with van der Waals surface area (Å²) >= 11 is 0. The van der Waals surface area contributed by atoms with Crippen LogP contribution >= 0.6 is 0 Å². The molecule has 0 aliphatic carbocycles. The molecule has 0 bridgehead atoms. The number of nitrogens with zero attached hydrogens (tertiary/aromatic N) is 4. The van der Waals surface area contributed by atoms with Crippen molar-refractivity contribution in [2.24, 2.45) is 0 Å². The zero-order valence-corrected chi connectivity index (χ0v) is 11.4. The van der Waals surface area contributed by atoms with Gasteiger partial charge in [-0.05, 0) is 31.2 Å². The minimum absolute atomic E-state index is 0.579. The fourth-order valence-electron chi connectivity index (χ4n) is 2.41. The van der Waals surface area contributed by atoms with E-state index >= 15 is 0 Å². The zero-order valence-electron chi connectivity index (χ0n) is 11.4. The van der Waals surface area contributed by atoms with Crippen LogP contribution < -0.4 is 4.74 Å². The van der Waals surface area contributed by atoms with Crippen LogP contribution in [0.5, 0.6) is 5.88 Å². The molecule has 102 valence electrons. The lowest BCUT2D eigenvalue weighted by Crippen LogP contribution is -1.96. The van der Waals surface area contributed by atoms with Gasteiger partial charge in [0.15, 0.2) is 11.3 Å². The van der Waals surface area contributed by atoms with Crippen molar-refractivity contribution in [1.82, 2.24) is 19.9 Å². The first-order chi connectivity index (χ1) is 10.3. The van der Waals surface area contributed by atoms with Crippen LogP contribution in [0.4, 0.5) is 0 Å². The molecule has 0 fully saturated rings. The Bertz CT molecular complexity index is 968. The summed E-state index contributed by atoms with van der Waals surface area (Å²) < 4.78 is 5.41. The molecule has 0 radical (unpaired) electrons. The van der Waals surface area contributed by atoms with Crippen LogP contribution in [-0.4, -0.2) is 26.5 Å². The Kier molecular flexibility index (Phi) is 2.64. The average Bonchev–Trinajstić information content (AvgIpc) is 2.53. The third kappa shape index (κ3) is 1.94. The van der Waals surface area contributed by atoms with Gasteiger partial charge in [0.25, 0.3) is 0 Å². The van der Waals surface area contributed by atoms with Gasteiger partial charge in [-0.15, -0.1) is 0 Å². The predicted octanol–water partition coefficient (Wildman–Crippen LogP) is 3.12. The molecule has 0 spiro atoms. The Balaban J connectivity index is 2.05. The number of ether oxygens (including phenoxy) is 1. The van der Waals surface area contributed by atoms with E-state index in [0.717, 1.165) is 27.3 Å². The van der Waals surface area contributed by atoms with Crippen LogP contribution in [-0.2, 0) is 0 Å². The fourth-order valence-corrected chi connectivity index (χ4v) is 2.41. The minimum atomic E-state index is 0.579. The first-order valence-corrected chi connectivity index (χ1v) is 6.79. The quantitative estimate of drug-likeness (QED) is 0.416. The summed E-state index contributed by atoms with van der Waals surface area (Å²) in [5.41, 5.74) is 2.23. The molecular weight excluding hydrogens is 264 g/mol. The molecule has 0 aliphatic heterocycles. The largest absolute Gasteiger partial charge is 0.478 e. The molecule has 4 aromatic heterocycles. The van der Waals surface area contributed by atoms with E-state index in [1.165, 1.54) is 0 Å². The van der Waals surface area contributed by atoms with E-state index in [2.05, 4.69) is 19.9 Å². The highest BCUT2D eigenvalue weighted by atomic mass is 16.5. The van der Waals surface area contributed by atoms with Gasteiger partial charge in [0.2, 0.25) is 5.88 Å². The van der Waals surface area contributed by atoms with Gasteiger partial charge in [-0.1, -0.05) is 0 Å². The summed E-state index contributed by atoms with van der Waals surface area (Å²) in [5, 5.41) is 2.89. The molecule has 5 nitrogen and oxygen atoms in total. The second-order valence-corrected chi connectivity index (χ2v) is 4.69. The number of pyridine rings is 4. The highest BCUT2D eigenvalue weighted by Crippen LogP contribution is 2.25. The summed E-state index contributed by atoms with van der Waals surface area (Å²) in [6.07, 6.45) is 3.54. The Labute approximate surface area is 120 Å². The van der Waals surface area contributed by atoms with E-state index in [0.29, 0.717) is 18.1 Å². The summed E-state index contributed by atoms with van der Waals surface area (Å²) in [6.45, 7) is 2.51. The van der Waals surface area contributed by atoms with Crippen molar-refractivity contribution in [3.8, 4) is 5.88 Å². The first kappa shape index (κ1) is 12.0. The third-order valence-electron chi connectivity index (χ3n) is 3.34. The number of aromatic nitrogens is 4. The number of fused-ring (bicyclic) bond motifs is 4. The van der Waals surface area contributed by atoms with Gasteiger partial charge in [0.05, 0.1) is 12.1 Å². The molecule has 0 unspecified atom stereocenters. The van der Waals surface area contributed by atoms with Crippen molar-refractivity contribution in [2.75, 3.05) is 6.61 Å². The lowest BCUT2D eigenvalue weighted by atomic mass is 10.1. The maximum Gasteiger partial charge on any atom is 0.215 e. The van der Waals surface area contributed by atoms with Crippen LogP contribution in [0, 0.1) is 0 Å². The zero-order chi connectivity index (χ0) is 14.2. The maximum atomic E-state index is 5.41. The van der Waals surface area contributed by atoms with Crippen LogP contribution in [0.15, 0.2) is 42.7 Å². The lowest BCUT2D eigenvalue weighted by molar-refractivity contribution is 0.328. The second kappa shape index (κ2) is 4.63. The third-order valence-corrected chi connectivity index (χ3v) is 3.34. The van der Waals surface area contributed by atoms with Gasteiger partial charge in [-0.3, -0.25) is 0 Å². The number of rotatable bonds is 2. The van der Waals surface area contributed by atoms with Crippen molar-refractivity contribution in [1.29, 1.82) is 0 Å². The molecule has 21 heavy (non-hydrogen) atoms. The Hall–Kier alpha value is -2.82. The Morgan fingerprint density at radius 3 is 2.86 bits per heavy atom. The Morgan fingerprint density at radius 2 is 1.95 bits per heavy atom. The topological polar surface area (TPSA) is 60.8 Å². The maximum absolute atomic E-state index is 5.41. The van der Waals surface area contributed by atoms with Crippen molar-refractivity contribution in [3.05, 3.63) is 42.7 Å². The molecule has 0 saturated heterocycles. The molecule has 4 heterocycles. The van der Waals surface area contributed by atoms with Gasteiger partial charge in [0.1, 0.15) is 0 Å². The van der Waals surface area contributed by atoms with E-state index in [4.69, 9.17) is 4.74 Å². The van der Waals surface area contributed by atoms with Crippen LogP contribution in [0.1, 0.15) is 6.92 Å². The monoisotopic (exact) mass is 276 g/mol. The standard InChI is InChI=1S/C16H12N4O/c1-2-21-13-6-5-12-14-11(9-18-16(12)19-13)8-10-4-3-7-17-15(10)20-14/h3-9H,2H2,1H3. The molecule has 5 heteroatoms. The summed E-state index contributed by atoms with van der Waals surface area (Å²) in [4.78, 5) is 17.8. The van der Waals surface area contributed by atoms with Crippen LogP contribution in [0.25, 0.3) is 33.0 Å². The van der Waals surface area contributed by atoms with Gasteiger partial charge in [0, 0.05) is 34.6 Å². The van der Waals surface area contributed by atoms with Crippen molar-refractivity contribution in [2.45, 2.75) is 6.92 Å². The summed E-state index contributed by atoms with van der Waals surface area (Å²) in [7, 11) is 0. The fraction of sp³-hybridized carbons (Fsp3) is 0.125. The van der Waals surface area contributed by atoms with Gasteiger partial charge < -0.3 is 4.74 Å². The van der Waals surface area contributed by atoms with Gasteiger partial charge in [-0.2, -0.15) is 4.98 Å². The van der Waals surface area contributed by atoms with E-state index in [1.807, 2.05) is 37.3 Å². The Morgan fingerprint density at radius 1 is 1.00 bits per heavy atom. The molecule has 4 rings (SSSR count). The first-order valence-electron chi connectivity index (χ1n) is 6.79. The van der Waals surface area contributed by atoms with E-state index in [1.54, 1.807) is 12.4 Å². The van der Waals surface area contributed by atoms with Crippen LogP contribution in [0.3, 0.4) is 0 Å². The molecule has 0 aromatic carbocycles. The molecular formula is C16H12N4O. The highest BCUT2D eigenvalue weighted by Gasteiger charge is 2.08. The molecule has 0 saturated carbocycles. The molecule has 0 atom stereocenters. The van der Waals surface area contributed by atoms with Crippen molar-refractivity contribution < 1.29 is 4.74 Å². The molecule has 0 N–H and O–H groups in total. The van der Waals surface area contributed by atoms with Crippen LogP contribution in [0.2, 0.25) is 0 Å². The number of hydrogen-bond donors (Lipinski definition) is 0. The van der Waals surface area contributed by atoms with Gasteiger partial charge in [-0.25, -0.2) is 15.0 Å². The van der Waals surface area contributed by atoms with Crippen molar-refractivity contribution in [3.63, 3.8) is 0 Å². The SMILES string of the molecule is CCOc1ccc2c(ncc3cc4cccnc4nc32)n1. The number of hydrogen-bond acceptors (Lipinski definition) is 5. The van der Waals surface area contributed by atoms with E-state index in [9.17, 15) is 0 Å². The summed E-state index contributed by atoms with van der Waals surface area (Å²) in [5.74, 6) is 0.579. The van der Waals surface area contributed by atoms with E-state index in [-0.39, 0.29) is 0 Å². The van der Waals surface area contributed by atoms with Crippen molar-refractivity contribution >= 4 is 33.0 Å². The molecule has 0 aliphatic rings. The highest BCUT2D eigenvalue weighted by molar-refractivity contribution is 6.05. The smallest absolute Gasteiger partial charge is 0.215 e. The lowest BCUT2D eigenvalue weighted by Gasteiger charge is -2.06. The summed E-state index contributed by atoms with van der Waals surface area (Å²) in [6, 6.07) is 9.74. The normalized spacial score (nSPS) is 11.3.